The summed E-state index contributed by atoms with van der Waals surface area (Å²) < 4.78 is 16.7. The average molecular weight is 340 g/mol. The van der Waals surface area contributed by atoms with Gasteiger partial charge in [-0.25, -0.2) is 28.4 Å². The predicted molar refractivity (Wildman–Crippen MR) is 98.1 cm³/mol. The third kappa shape index (κ3) is 4.20. The first-order chi connectivity index (χ1) is 9.48. The number of hydrogen-bond donors (Lipinski definition) is 1. The second-order valence-electron chi connectivity index (χ2n) is 5.94. The van der Waals surface area contributed by atoms with E-state index in [1.165, 1.54) is 0 Å². The van der Waals surface area contributed by atoms with E-state index in [0.29, 0.717) is 0 Å². The molecule has 0 rings (SSSR count). The summed E-state index contributed by atoms with van der Waals surface area (Å²) in [4.78, 5) is 0. The Morgan fingerprint density at radius 2 is 1.00 bits per heavy atom. The fourth-order valence-corrected chi connectivity index (χ4v) is 11.2. The minimum atomic E-state index is -1.96. The Labute approximate surface area is 132 Å². The zero-order valence-corrected chi connectivity index (χ0v) is 17.6. The van der Waals surface area contributed by atoms with Gasteiger partial charge in [0.1, 0.15) is 0 Å². The number of nitrogens with zero attached hydrogens (tertiary/aromatic N) is 6. The van der Waals surface area contributed by atoms with Crippen LogP contribution in [-0.4, -0.2) is 100 Å². The van der Waals surface area contributed by atoms with Crippen molar-refractivity contribution in [2.24, 2.45) is 0 Å². The molecule has 0 amide bonds. The maximum absolute atomic E-state index is 5.47. The molecule has 0 unspecified atom stereocenters. The molecule has 0 bridgehead atoms. The van der Waals surface area contributed by atoms with E-state index in [4.69, 9.17) is 4.17 Å². The summed E-state index contributed by atoms with van der Waals surface area (Å²) in [5, 5.41) is 3.66. The van der Waals surface area contributed by atoms with Gasteiger partial charge in [0, 0.05) is 6.54 Å². The Morgan fingerprint density at radius 1 is 0.667 bits per heavy atom. The van der Waals surface area contributed by atoms with E-state index < -0.39 is 15.0 Å². The molecule has 0 aliphatic rings. The lowest BCUT2D eigenvalue weighted by molar-refractivity contribution is 0.470. The monoisotopic (exact) mass is 340 g/mol. The summed E-state index contributed by atoms with van der Waals surface area (Å²) in [6.07, 6.45) is 0. The Bertz CT molecular complexity index is 396. The Balaban J connectivity index is 7.06. The zero-order valence-electron chi connectivity index (χ0n) is 15.8. The maximum atomic E-state index is 5.47. The van der Waals surface area contributed by atoms with Gasteiger partial charge in [0.15, 0.2) is 0 Å². The highest BCUT2D eigenvalue weighted by molar-refractivity contribution is 7.66. The molecular weight excluding hydrogens is 304 g/mol. The van der Waals surface area contributed by atoms with Crippen LogP contribution in [0, 0.1) is 0 Å². The van der Waals surface area contributed by atoms with Crippen LogP contribution in [0.2, 0.25) is 0 Å². The first-order valence-electron chi connectivity index (χ1n) is 7.16. The maximum Gasteiger partial charge on any atom is 0.430 e. The standard InChI is InChI=1S/C12H35N7P2/c1-12-13-20(15(2)3,16(4)5)14-21(17(6)7,18(8)9)19(10)11/h12H2,1-11H3/p+1. The van der Waals surface area contributed by atoms with Gasteiger partial charge in [0.2, 0.25) is 0 Å². The molecule has 0 radical (unpaired) electrons. The summed E-state index contributed by atoms with van der Waals surface area (Å²) in [7, 11) is 17.2. The highest BCUT2D eigenvalue weighted by atomic mass is 31.2. The normalized spacial score (nSPS) is 13.9. The molecule has 0 heterocycles. The molecule has 0 saturated heterocycles. The van der Waals surface area contributed by atoms with Crippen molar-refractivity contribution in [1.29, 1.82) is 0 Å². The van der Waals surface area contributed by atoms with E-state index in [0.717, 1.165) is 6.54 Å². The van der Waals surface area contributed by atoms with Crippen LogP contribution in [0.4, 0.5) is 0 Å². The van der Waals surface area contributed by atoms with Gasteiger partial charge >= 0.3 is 15.0 Å². The van der Waals surface area contributed by atoms with Crippen molar-refractivity contribution in [1.82, 2.24) is 32.6 Å². The van der Waals surface area contributed by atoms with E-state index in [1.54, 1.807) is 0 Å². The molecule has 1 N–H and O–H groups in total. The molecule has 0 aromatic carbocycles. The highest BCUT2D eigenvalue weighted by Gasteiger charge is 2.45. The molecule has 0 aliphatic carbocycles. The molecule has 0 aromatic rings. The van der Waals surface area contributed by atoms with Gasteiger partial charge in [-0.15, -0.1) is 0 Å². The van der Waals surface area contributed by atoms with Gasteiger partial charge in [0.25, 0.3) is 0 Å². The smallest absolute Gasteiger partial charge is 0.210 e. The summed E-state index contributed by atoms with van der Waals surface area (Å²) in [6, 6.07) is 0. The highest BCUT2D eigenvalue weighted by Crippen LogP contribution is 2.56. The van der Waals surface area contributed by atoms with Crippen LogP contribution in [0.1, 0.15) is 6.92 Å². The minimum absolute atomic E-state index is 0.891. The molecule has 0 fully saturated rings. The van der Waals surface area contributed by atoms with Crippen LogP contribution in [0.3, 0.4) is 0 Å². The fraction of sp³-hybridized carbons (Fsp3) is 1.00. The van der Waals surface area contributed by atoms with Crippen LogP contribution >= 0.6 is 15.0 Å². The van der Waals surface area contributed by atoms with Gasteiger partial charge in [-0.1, -0.05) is 11.1 Å². The zero-order chi connectivity index (χ0) is 17.0. The van der Waals surface area contributed by atoms with Crippen LogP contribution in [-0.2, 0) is 0 Å². The third-order valence-corrected chi connectivity index (χ3v) is 11.5. The molecule has 0 saturated carbocycles. The number of rotatable bonds is 7. The topological polar surface area (TPSA) is 42.3 Å². The van der Waals surface area contributed by atoms with Gasteiger partial charge in [-0.3, -0.25) is 0 Å². The molecule has 0 aromatic heterocycles. The lowest BCUT2D eigenvalue weighted by atomic mass is 10.8. The second kappa shape index (κ2) is 8.26. The summed E-state index contributed by atoms with van der Waals surface area (Å²) in [5.41, 5.74) is 0. The second-order valence-corrected chi connectivity index (χ2v) is 13.2. The molecule has 0 spiro atoms. The number of hydrogen-bond acceptors (Lipinski definition) is 0. The summed E-state index contributed by atoms with van der Waals surface area (Å²) in [5.74, 6) is 0. The quantitative estimate of drug-likeness (QED) is 0.558. The van der Waals surface area contributed by atoms with E-state index in [9.17, 15) is 0 Å². The van der Waals surface area contributed by atoms with Crippen molar-refractivity contribution in [2.75, 3.05) is 77.0 Å². The summed E-state index contributed by atoms with van der Waals surface area (Å²) in [6.45, 7) is 3.03. The predicted octanol–water partition coefficient (Wildman–Crippen LogP) is 1.36. The largest absolute Gasteiger partial charge is 0.430 e. The first kappa shape index (κ1) is 21.3. The SMILES string of the molecule is CCNP(=[N+]=P(N(C)C)(N(C)C)N(C)C)(N(C)C)N(C)C. The first-order valence-corrected chi connectivity index (χ1v) is 10.4. The third-order valence-electron chi connectivity index (χ3n) is 3.34. The van der Waals surface area contributed by atoms with E-state index in [-0.39, 0.29) is 0 Å². The van der Waals surface area contributed by atoms with Gasteiger partial charge in [-0.2, -0.15) is 0 Å². The lowest BCUT2D eigenvalue weighted by Gasteiger charge is -2.32. The van der Waals surface area contributed by atoms with Crippen molar-refractivity contribution in [3.05, 3.63) is 0 Å². The molecule has 9 heteroatoms. The van der Waals surface area contributed by atoms with Crippen molar-refractivity contribution in [3.63, 3.8) is 0 Å². The Morgan fingerprint density at radius 3 is 1.19 bits per heavy atom. The number of nitrogens with one attached hydrogen (secondary N) is 1. The molecule has 7 nitrogen and oxygen atoms in total. The summed E-state index contributed by atoms with van der Waals surface area (Å²) >= 11 is 0. The average Bonchev–Trinajstić information content (AvgIpc) is 2.32. The Kier molecular flexibility index (Phi) is 8.39. The van der Waals surface area contributed by atoms with E-state index in [1.807, 2.05) is 0 Å². The van der Waals surface area contributed by atoms with Crippen molar-refractivity contribution >= 4 is 15.0 Å². The molecule has 0 atom stereocenters. The van der Waals surface area contributed by atoms with Crippen molar-refractivity contribution in [3.8, 4) is 0 Å². The van der Waals surface area contributed by atoms with Crippen molar-refractivity contribution in [2.45, 2.75) is 6.92 Å². The van der Waals surface area contributed by atoms with Crippen LogP contribution in [0.5, 0.6) is 0 Å². The van der Waals surface area contributed by atoms with Crippen LogP contribution in [0.25, 0.3) is 0 Å². The molecule has 128 valence electrons. The van der Waals surface area contributed by atoms with Gasteiger partial charge in [-0.05, 0) is 70.5 Å². The lowest BCUT2D eigenvalue weighted by Crippen LogP contribution is -2.36. The van der Waals surface area contributed by atoms with Crippen molar-refractivity contribution < 1.29 is 0 Å². The van der Waals surface area contributed by atoms with Crippen LogP contribution in [0.15, 0.2) is 0 Å². The molecule has 21 heavy (non-hydrogen) atoms. The van der Waals surface area contributed by atoms with Gasteiger partial charge in [0.05, 0.1) is 0 Å². The molecule has 0 aliphatic heterocycles. The molecular formula is C12H36N7P2+. The minimum Gasteiger partial charge on any atom is -0.210 e. The fourth-order valence-electron chi connectivity index (χ4n) is 2.53. The van der Waals surface area contributed by atoms with E-state index >= 15 is 0 Å². The van der Waals surface area contributed by atoms with E-state index in [2.05, 4.69) is 106 Å². The van der Waals surface area contributed by atoms with Crippen LogP contribution < -0.4 is 9.26 Å². The Hall–Kier alpha value is 0.330. The van der Waals surface area contributed by atoms with Gasteiger partial charge < -0.3 is 0 Å².